The van der Waals surface area contributed by atoms with Crippen LogP contribution >= 0.6 is 9.19 Å². The molecule has 0 aliphatic heterocycles. The van der Waals surface area contributed by atoms with Gasteiger partial charge in [-0.15, -0.1) is 0 Å². The van der Waals surface area contributed by atoms with Gasteiger partial charge in [0.1, 0.15) is 0 Å². The second kappa shape index (κ2) is 3.68. The fraction of sp³-hybridized carbons (Fsp3) is 0.500. The Hall–Kier alpha value is 0.500. The van der Waals surface area contributed by atoms with Gasteiger partial charge >= 0.3 is 49.7 Å². The van der Waals surface area contributed by atoms with Crippen LogP contribution in [0.5, 0.6) is 0 Å². The zero-order chi connectivity index (χ0) is 4.99. The molecule has 0 saturated carbocycles. The van der Waals surface area contributed by atoms with Crippen molar-refractivity contribution in [3.63, 3.8) is 0 Å². The molecule has 0 rings (SSSR count). The summed E-state index contributed by atoms with van der Waals surface area (Å²) in [4.78, 5) is 9.60. The average Bonchev–Trinajstić information content (AvgIpc) is 1.65. The van der Waals surface area contributed by atoms with E-state index in [2.05, 4.69) is 0 Å². The first-order chi connectivity index (χ1) is 2.81. The van der Waals surface area contributed by atoms with Crippen LogP contribution in [-0.2, 0) is 23.7 Å². The van der Waals surface area contributed by atoms with Gasteiger partial charge in [0, 0.05) is 0 Å². The first kappa shape index (κ1) is 6.50. The van der Waals surface area contributed by atoms with Gasteiger partial charge in [-0.3, -0.25) is 0 Å². The second-order valence-corrected chi connectivity index (χ2v) is 3.36. The molecule has 4 heteroatoms. The molecule has 0 spiro atoms. The molecule has 0 N–H and O–H groups in total. The Morgan fingerprint density at radius 3 is 2.50 bits per heavy atom. The Balaban J connectivity index is 2.96. The summed E-state index contributed by atoms with van der Waals surface area (Å²) < 4.78 is 1.43. The Bertz CT molecular complexity index is 50.8. The molecule has 6 heavy (non-hydrogen) atoms. The monoisotopic (exact) mass is 290 g/mol. The first-order valence-corrected chi connectivity index (χ1v) is 4.84. The molecule has 41 valence electrons. The van der Waals surface area contributed by atoms with Crippen LogP contribution in [0.2, 0.25) is 0 Å². The summed E-state index contributed by atoms with van der Waals surface area (Å²) in [5.74, 6) is 0. The average molecular weight is 290 g/mol. The molecular formula is C2H4AuClNO. The summed E-state index contributed by atoms with van der Waals surface area (Å²) in [5, 5.41) is 0. The van der Waals surface area contributed by atoms with Crippen LogP contribution in [0.3, 0.4) is 0 Å². The van der Waals surface area contributed by atoms with Crippen LogP contribution in [-0.4, -0.2) is 16.8 Å². The topological polar surface area (TPSA) is 20.3 Å². The Morgan fingerprint density at radius 1 is 2.00 bits per heavy atom. The molecule has 0 aliphatic carbocycles. The fourth-order valence-electron chi connectivity index (χ4n) is 0.0120. The fourth-order valence-corrected chi connectivity index (χ4v) is 0.295. The predicted octanol–water partition coefficient (Wildman–Crippen LogP) is 0.226. The van der Waals surface area contributed by atoms with Crippen LogP contribution in [0, 0.1) is 0 Å². The molecule has 0 heterocycles. The van der Waals surface area contributed by atoms with Crippen molar-refractivity contribution in [2.45, 2.75) is 0 Å². The molecule has 0 fully saturated rings. The van der Waals surface area contributed by atoms with Crippen molar-refractivity contribution >= 4 is 15.6 Å². The molecule has 0 aromatic heterocycles. The van der Waals surface area contributed by atoms with Crippen LogP contribution < -0.4 is 0 Å². The molecule has 2 nitrogen and oxygen atoms in total. The number of carbonyl (C=O) groups excluding carboxylic acids is 1. The third kappa shape index (κ3) is 2.72. The van der Waals surface area contributed by atoms with E-state index in [1.165, 1.54) is 3.30 Å². The predicted molar refractivity (Wildman–Crippen MR) is 19.7 cm³/mol. The van der Waals surface area contributed by atoms with E-state index < -0.39 is 18.9 Å². The van der Waals surface area contributed by atoms with E-state index in [0.29, 0.717) is 6.41 Å². The Kier molecular flexibility index (Phi) is 3.99. The molecule has 0 atom stereocenters. The van der Waals surface area contributed by atoms with E-state index in [4.69, 9.17) is 9.19 Å². The number of halogens is 1. The van der Waals surface area contributed by atoms with Gasteiger partial charge in [-0.25, -0.2) is 0 Å². The summed E-state index contributed by atoms with van der Waals surface area (Å²) in [6, 6.07) is 0. The van der Waals surface area contributed by atoms with Crippen molar-refractivity contribution in [2.75, 3.05) is 7.05 Å². The zero-order valence-electron chi connectivity index (χ0n) is 3.11. The van der Waals surface area contributed by atoms with Crippen LogP contribution in [0.25, 0.3) is 0 Å². The van der Waals surface area contributed by atoms with Crippen molar-refractivity contribution < 1.29 is 23.7 Å². The third-order valence-electron chi connectivity index (χ3n) is 0.218. The van der Waals surface area contributed by atoms with Crippen molar-refractivity contribution in [1.29, 1.82) is 0 Å². The molecule has 1 amide bonds. The van der Waals surface area contributed by atoms with E-state index in [0.717, 1.165) is 0 Å². The molecule has 0 unspecified atom stereocenters. The number of nitrogens with zero attached hydrogens (tertiary/aromatic N) is 1. The van der Waals surface area contributed by atoms with Gasteiger partial charge in [-0.05, 0) is 0 Å². The Labute approximate surface area is 49.9 Å². The molecule has 0 aliphatic rings. The number of carbonyl (C=O) groups is 1. The van der Waals surface area contributed by atoms with Crippen LogP contribution in [0.4, 0.5) is 0 Å². The van der Waals surface area contributed by atoms with E-state index >= 15 is 0 Å². The minimum absolute atomic E-state index is 0.427. The van der Waals surface area contributed by atoms with Gasteiger partial charge in [0.2, 0.25) is 0 Å². The molecule has 0 aromatic rings. The van der Waals surface area contributed by atoms with E-state index in [1.807, 2.05) is 0 Å². The van der Waals surface area contributed by atoms with E-state index in [-0.39, 0.29) is 0 Å². The number of rotatable bonds is 2. The summed E-state index contributed by atoms with van der Waals surface area (Å²) in [6.45, 7) is 0. The van der Waals surface area contributed by atoms with Gasteiger partial charge in [0.25, 0.3) is 0 Å². The minimum atomic E-state index is -0.427. The molecule has 0 saturated heterocycles. The van der Waals surface area contributed by atoms with Gasteiger partial charge in [0.05, 0.1) is 0 Å². The van der Waals surface area contributed by atoms with Crippen LogP contribution in [0.15, 0.2) is 0 Å². The van der Waals surface area contributed by atoms with Crippen molar-refractivity contribution in [3.8, 4) is 0 Å². The van der Waals surface area contributed by atoms with Gasteiger partial charge < -0.3 is 0 Å². The zero-order valence-corrected chi connectivity index (χ0v) is 6.03. The van der Waals surface area contributed by atoms with E-state index in [1.54, 1.807) is 7.05 Å². The summed E-state index contributed by atoms with van der Waals surface area (Å²) in [7, 11) is 6.90. The van der Waals surface area contributed by atoms with Gasteiger partial charge in [-0.1, -0.05) is 0 Å². The van der Waals surface area contributed by atoms with Crippen molar-refractivity contribution in [3.05, 3.63) is 0 Å². The molecule has 0 aromatic carbocycles. The first-order valence-electron chi connectivity index (χ1n) is 1.19. The normalized spacial score (nSPS) is 8.33. The quantitative estimate of drug-likeness (QED) is 0.526. The molecular weight excluding hydrogens is 286 g/mol. The number of hydrogen-bond donors (Lipinski definition) is 0. The number of amides is 1. The maximum absolute atomic E-state index is 9.60. The van der Waals surface area contributed by atoms with Crippen molar-refractivity contribution in [1.82, 2.24) is 3.30 Å². The summed E-state index contributed by atoms with van der Waals surface area (Å²) in [5.41, 5.74) is 0. The summed E-state index contributed by atoms with van der Waals surface area (Å²) >= 11 is -0.427. The SMILES string of the molecule is C[N](C=O)[Au][Cl]. The third-order valence-corrected chi connectivity index (χ3v) is 2.34. The Morgan fingerprint density at radius 2 is 2.50 bits per heavy atom. The maximum atomic E-state index is 9.60. The second-order valence-electron chi connectivity index (χ2n) is 0.627. The van der Waals surface area contributed by atoms with Gasteiger partial charge in [-0.2, -0.15) is 0 Å². The number of hydrogen-bond acceptors (Lipinski definition) is 1. The van der Waals surface area contributed by atoms with Crippen molar-refractivity contribution in [2.24, 2.45) is 0 Å². The van der Waals surface area contributed by atoms with Crippen LogP contribution in [0.1, 0.15) is 0 Å². The van der Waals surface area contributed by atoms with E-state index in [9.17, 15) is 4.79 Å². The van der Waals surface area contributed by atoms with Gasteiger partial charge in [0.15, 0.2) is 0 Å². The molecule has 0 radical (unpaired) electrons. The molecule has 0 bridgehead atoms. The summed E-state index contributed by atoms with van der Waals surface area (Å²) in [6.07, 6.45) is 0.717. The standard InChI is InChI=1S/C2H5NO.Au.ClH/c1-3-2-4;;/h2H,1H3,(H,3,4);;1H/q;+2;/p-2.